The van der Waals surface area contributed by atoms with Gasteiger partial charge in [0.25, 0.3) is 11.8 Å². The smallest absolute Gasteiger partial charge is 0.270 e. The third-order valence-corrected chi connectivity index (χ3v) is 6.20. The van der Waals surface area contributed by atoms with Gasteiger partial charge in [0.1, 0.15) is 10.0 Å². The fourth-order valence-electron chi connectivity index (χ4n) is 3.75. The van der Waals surface area contributed by atoms with Crippen molar-refractivity contribution in [3.63, 3.8) is 0 Å². The first-order valence-corrected chi connectivity index (χ1v) is 9.48. The van der Waals surface area contributed by atoms with E-state index in [0.717, 1.165) is 25.6 Å². The van der Waals surface area contributed by atoms with Crippen LogP contribution in [0, 0.1) is 5.92 Å². The van der Waals surface area contributed by atoms with Crippen LogP contribution in [0.25, 0.3) is 0 Å². The van der Waals surface area contributed by atoms with Gasteiger partial charge >= 0.3 is 0 Å². The summed E-state index contributed by atoms with van der Waals surface area (Å²) in [5, 5.41) is 7.08. The van der Waals surface area contributed by atoms with Crippen molar-refractivity contribution in [1.29, 1.82) is 0 Å². The van der Waals surface area contributed by atoms with E-state index in [1.807, 2.05) is 0 Å². The lowest BCUT2D eigenvalue weighted by molar-refractivity contribution is 0.0174. The predicted octanol–water partition coefficient (Wildman–Crippen LogP) is 3.31. The number of carbonyl (C=O) groups excluding carboxylic acids is 1. The Morgan fingerprint density at radius 3 is 2.77 bits per heavy atom. The monoisotopic (exact) mass is 398 g/mol. The summed E-state index contributed by atoms with van der Waals surface area (Å²) in [5.74, 6) is -2.74. The lowest BCUT2D eigenvalue weighted by atomic mass is 9.80. The minimum atomic E-state index is -2.91. The number of fused-ring (bicyclic) bond motifs is 1. The zero-order valence-corrected chi connectivity index (χ0v) is 15.5. The summed E-state index contributed by atoms with van der Waals surface area (Å²) in [7, 11) is 0. The molecule has 2 saturated heterocycles. The zero-order chi connectivity index (χ0) is 18.5. The number of aromatic nitrogens is 2. The third-order valence-electron chi connectivity index (χ3n) is 5.22. The van der Waals surface area contributed by atoms with Gasteiger partial charge in [-0.3, -0.25) is 9.69 Å². The van der Waals surface area contributed by atoms with Crippen LogP contribution in [0.15, 0.2) is 24.3 Å². The third kappa shape index (κ3) is 3.21. The van der Waals surface area contributed by atoms with E-state index in [9.17, 15) is 13.6 Å². The van der Waals surface area contributed by atoms with Crippen LogP contribution in [0.1, 0.15) is 35.0 Å². The Balaban J connectivity index is 1.38. The molecule has 3 unspecified atom stereocenters. The standard InChI is InChI=1S/C17H17ClF2N4OS/c1-17(19,20)11-4-2-9(3-5-11)16(25)21-14-10-6-13(14)24(7-10)8-12-15(18)26-23-22-12/h2-5,10,13-14H,6-8H2,1H3,(H,21,25). The number of rotatable bonds is 5. The maximum absolute atomic E-state index is 13.3. The summed E-state index contributed by atoms with van der Waals surface area (Å²) in [6, 6.07) is 5.81. The first-order valence-electron chi connectivity index (χ1n) is 8.33. The van der Waals surface area contributed by atoms with Gasteiger partial charge in [-0.25, -0.2) is 8.78 Å². The maximum Gasteiger partial charge on any atom is 0.270 e. The molecule has 26 heavy (non-hydrogen) atoms. The second-order valence-corrected chi connectivity index (χ2v) is 8.31. The second-order valence-electron chi connectivity index (χ2n) is 6.95. The molecule has 3 fully saturated rings. The van der Waals surface area contributed by atoms with Gasteiger partial charge in [-0.1, -0.05) is 28.2 Å². The lowest BCUT2D eigenvalue weighted by Gasteiger charge is -2.37. The van der Waals surface area contributed by atoms with Gasteiger partial charge in [0, 0.05) is 54.8 Å². The summed E-state index contributed by atoms with van der Waals surface area (Å²) in [6.07, 6.45) is 1.03. The van der Waals surface area contributed by atoms with Crippen LogP contribution < -0.4 is 5.32 Å². The number of halogens is 3. The molecule has 3 heterocycles. The lowest BCUT2D eigenvalue weighted by Crippen LogP contribution is -2.54. The fraction of sp³-hybridized carbons (Fsp3) is 0.471. The number of hydrogen-bond donors (Lipinski definition) is 1. The molecule has 5 nitrogen and oxygen atoms in total. The van der Waals surface area contributed by atoms with Crippen molar-refractivity contribution in [2.75, 3.05) is 6.54 Å². The van der Waals surface area contributed by atoms with Gasteiger partial charge in [-0.15, -0.1) is 5.10 Å². The number of alkyl halides is 2. The average molecular weight is 399 g/mol. The normalized spacial score (nSPS) is 25.2. The minimum Gasteiger partial charge on any atom is -0.347 e. The number of benzene rings is 1. The highest BCUT2D eigenvalue weighted by molar-refractivity contribution is 7.10. The molecule has 5 rings (SSSR count). The topological polar surface area (TPSA) is 58.1 Å². The van der Waals surface area contributed by atoms with Crippen molar-refractivity contribution in [3.8, 4) is 0 Å². The van der Waals surface area contributed by atoms with Gasteiger partial charge in [0.15, 0.2) is 0 Å². The first kappa shape index (κ1) is 17.8. The van der Waals surface area contributed by atoms with Crippen LogP contribution in [0.5, 0.6) is 0 Å². The number of nitrogens with one attached hydrogen (secondary N) is 1. The van der Waals surface area contributed by atoms with Crippen molar-refractivity contribution in [1.82, 2.24) is 19.8 Å². The van der Waals surface area contributed by atoms with Crippen molar-refractivity contribution in [3.05, 3.63) is 45.4 Å². The molecule has 2 aliphatic heterocycles. The molecule has 138 valence electrons. The van der Waals surface area contributed by atoms with E-state index in [2.05, 4.69) is 19.8 Å². The predicted molar refractivity (Wildman–Crippen MR) is 94.5 cm³/mol. The highest BCUT2D eigenvalue weighted by atomic mass is 35.5. The molecule has 0 radical (unpaired) electrons. The van der Waals surface area contributed by atoms with Gasteiger partial charge in [-0.2, -0.15) is 0 Å². The number of hydrogen-bond acceptors (Lipinski definition) is 5. The van der Waals surface area contributed by atoms with Crippen LogP contribution in [0.4, 0.5) is 8.78 Å². The van der Waals surface area contributed by atoms with E-state index in [1.54, 1.807) is 0 Å². The van der Waals surface area contributed by atoms with Crippen molar-refractivity contribution < 1.29 is 13.6 Å². The SMILES string of the molecule is CC(F)(F)c1ccc(C(=O)NC2C3CC2N(Cc2nnsc2Cl)C3)cc1. The number of nitrogens with zero attached hydrogens (tertiary/aromatic N) is 3. The van der Waals surface area contributed by atoms with E-state index in [4.69, 9.17) is 11.6 Å². The fourth-order valence-corrected chi connectivity index (χ4v) is 4.36. The maximum atomic E-state index is 13.3. The Labute approximate surface area is 158 Å². The highest BCUT2D eigenvalue weighted by Crippen LogP contribution is 2.42. The molecule has 1 amide bonds. The minimum absolute atomic E-state index is 0.0696. The second kappa shape index (κ2) is 6.51. The molecule has 3 atom stereocenters. The Bertz CT molecular complexity index is 823. The number of amides is 1. The highest BCUT2D eigenvalue weighted by Gasteiger charge is 2.52. The molecule has 1 saturated carbocycles. The van der Waals surface area contributed by atoms with Crippen LogP contribution >= 0.6 is 23.1 Å². The van der Waals surface area contributed by atoms with Gasteiger partial charge in [0.2, 0.25) is 0 Å². The Kier molecular flexibility index (Phi) is 4.45. The van der Waals surface area contributed by atoms with E-state index in [1.165, 1.54) is 35.8 Å². The van der Waals surface area contributed by atoms with Crippen LogP contribution in [0.3, 0.4) is 0 Å². The van der Waals surface area contributed by atoms with Crippen molar-refractivity contribution in [2.45, 2.75) is 37.9 Å². The zero-order valence-electron chi connectivity index (χ0n) is 14.0. The van der Waals surface area contributed by atoms with Gasteiger partial charge < -0.3 is 5.32 Å². The quantitative estimate of drug-likeness (QED) is 0.839. The van der Waals surface area contributed by atoms with Crippen LogP contribution in [0.2, 0.25) is 4.34 Å². The molecule has 2 bridgehead atoms. The van der Waals surface area contributed by atoms with Crippen molar-refractivity contribution in [2.24, 2.45) is 5.92 Å². The largest absolute Gasteiger partial charge is 0.347 e. The Morgan fingerprint density at radius 1 is 1.42 bits per heavy atom. The van der Waals surface area contributed by atoms with Crippen molar-refractivity contribution >= 4 is 29.0 Å². The summed E-state index contributed by atoms with van der Waals surface area (Å²) >= 11 is 7.24. The summed E-state index contributed by atoms with van der Waals surface area (Å²) in [4.78, 5) is 14.7. The summed E-state index contributed by atoms with van der Waals surface area (Å²) in [5.41, 5.74) is 1.06. The molecule has 1 N–H and O–H groups in total. The summed E-state index contributed by atoms with van der Waals surface area (Å²) < 4.78 is 31.0. The van der Waals surface area contributed by atoms with E-state index < -0.39 is 5.92 Å². The molecule has 1 aliphatic carbocycles. The molecular weight excluding hydrogens is 382 g/mol. The van der Waals surface area contributed by atoms with Gasteiger partial charge in [0.05, 0.1) is 0 Å². The molecule has 2 aromatic rings. The van der Waals surface area contributed by atoms with E-state index in [0.29, 0.717) is 22.4 Å². The van der Waals surface area contributed by atoms with E-state index >= 15 is 0 Å². The molecular formula is C17H17ClF2N4OS. The molecule has 1 aromatic carbocycles. The molecule has 3 aliphatic rings. The van der Waals surface area contributed by atoms with Crippen LogP contribution in [-0.4, -0.2) is 39.0 Å². The number of carbonyl (C=O) groups is 1. The average Bonchev–Trinajstić information content (AvgIpc) is 3.27. The molecule has 9 heteroatoms. The summed E-state index contributed by atoms with van der Waals surface area (Å²) in [6.45, 7) is 2.35. The van der Waals surface area contributed by atoms with E-state index in [-0.39, 0.29) is 23.6 Å². The Morgan fingerprint density at radius 2 is 2.15 bits per heavy atom. The first-order chi connectivity index (χ1) is 12.3. The molecule has 1 aromatic heterocycles. The Hall–Kier alpha value is -1.64. The van der Waals surface area contributed by atoms with Gasteiger partial charge in [-0.05, 0) is 24.5 Å². The molecule has 0 spiro atoms. The van der Waals surface area contributed by atoms with Crippen LogP contribution in [-0.2, 0) is 12.5 Å².